The van der Waals surface area contributed by atoms with Gasteiger partial charge in [0, 0.05) is 22.4 Å². The lowest BCUT2D eigenvalue weighted by Crippen LogP contribution is -2.18. The number of halogens is 1. The van der Waals surface area contributed by atoms with Crippen LogP contribution < -0.4 is 5.32 Å². The highest BCUT2D eigenvalue weighted by Gasteiger charge is 2.16. The Labute approximate surface area is 115 Å². The Morgan fingerprint density at radius 1 is 1.41 bits per heavy atom. The van der Waals surface area contributed by atoms with E-state index < -0.39 is 0 Å². The summed E-state index contributed by atoms with van der Waals surface area (Å²) in [5.74, 6) is 0. The van der Waals surface area contributed by atoms with Crippen molar-refractivity contribution in [2.45, 2.75) is 13.0 Å². The minimum atomic E-state index is 0.204. The first-order valence-corrected chi connectivity index (χ1v) is 6.62. The number of nitrogens with one attached hydrogen (secondary N) is 1. The van der Waals surface area contributed by atoms with Crippen molar-refractivity contribution in [2.24, 2.45) is 7.05 Å². The molecule has 90 valence electrons. The number of hydrogen-bond donors (Lipinski definition) is 1. The largest absolute Gasteiger partial charge is 0.309 e. The zero-order chi connectivity index (χ0) is 12.4. The molecule has 1 N–H and O–H groups in total. The molecule has 0 saturated heterocycles. The van der Waals surface area contributed by atoms with Crippen LogP contribution in [0.15, 0.2) is 30.6 Å². The molecule has 2 aromatic rings. The van der Waals surface area contributed by atoms with Crippen molar-refractivity contribution in [3.8, 4) is 0 Å². The van der Waals surface area contributed by atoms with Crippen molar-refractivity contribution in [1.82, 2.24) is 15.1 Å². The van der Waals surface area contributed by atoms with Crippen molar-refractivity contribution in [2.75, 3.05) is 7.05 Å². The van der Waals surface area contributed by atoms with E-state index in [9.17, 15) is 0 Å². The third-order valence-corrected chi connectivity index (χ3v) is 4.35. The van der Waals surface area contributed by atoms with Crippen LogP contribution in [0.4, 0.5) is 0 Å². The molecule has 0 amide bonds. The summed E-state index contributed by atoms with van der Waals surface area (Å²) in [6.45, 7) is 2.14. The molecule has 1 atom stereocenters. The van der Waals surface area contributed by atoms with Crippen molar-refractivity contribution < 1.29 is 0 Å². The van der Waals surface area contributed by atoms with E-state index in [1.165, 1.54) is 20.3 Å². The van der Waals surface area contributed by atoms with Crippen molar-refractivity contribution in [3.05, 3.63) is 50.9 Å². The number of aryl methyl sites for hydroxylation is 2. The fraction of sp³-hybridized carbons (Fsp3) is 0.308. The topological polar surface area (TPSA) is 29.9 Å². The van der Waals surface area contributed by atoms with E-state index in [1.807, 2.05) is 25.0 Å². The molecule has 17 heavy (non-hydrogen) atoms. The van der Waals surface area contributed by atoms with Crippen LogP contribution in [-0.4, -0.2) is 16.8 Å². The molecular weight excluding hydrogens is 325 g/mol. The van der Waals surface area contributed by atoms with Crippen molar-refractivity contribution in [1.29, 1.82) is 0 Å². The van der Waals surface area contributed by atoms with Crippen LogP contribution in [0.1, 0.15) is 22.7 Å². The molecule has 0 radical (unpaired) electrons. The summed E-state index contributed by atoms with van der Waals surface area (Å²) in [5, 5.41) is 7.60. The number of nitrogens with zero attached hydrogens (tertiary/aromatic N) is 2. The predicted molar refractivity (Wildman–Crippen MR) is 78.0 cm³/mol. The molecule has 4 heteroatoms. The second-order valence-corrected chi connectivity index (χ2v) is 5.23. The van der Waals surface area contributed by atoms with Crippen LogP contribution >= 0.6 is 22.6 Å². The van der Waals surface area contributed by atoms with Gasteiger partial charge in [0.1, 0.15) is 0 Å². The van der Waals surface area contributed by atoms with E-state index in [0.29, 0.717) is 0 Å². The predicted octanol–water partition coefficient (Wildman–Crippen LogP) is 2.64. The van der Waals surface area contributed by atoms with Crippen LogP contribution in [0, 0.1) is 10.5 Å². The standard InChI is InChI=1S/C13H16IN3/c1-9-5-4-6-11(12(9)14)13(15-2)10-7-16-17(3)8-10/h4-8,13,15H,1-3H3. The highest BCUT2D eigenvalue weighted by molar-refractivity contribution is 14.1. The van der Waals surface area contributed by atoms with Gasteiger partial charge in [0.15, 0.2) is 0 Å². The highest BCUT2D eigenvalue weighted by Crippen LogP contribution is 2.27. The third kappa shape index (κ3) is 2.52. The maximum absolute atomic E-state index is 4.24. The highest BCUT2D eigenvalue weighted by atomic mass is 127. The van der Waals surface area contributed by atoms with Crippen LogP contribution in [0.2, 0.25) is 0 Å². The van der Waals surface area contributed by atoms with Gasteiger partial charge < -0.3 is 5.32 Å². The summed E-state index contributed by atoms with van der Waals surface area (Å²) in [4.78, 5) is 0. The van der Waals surface area contributed by atoms with Gasteiger partial charge in [-0.1, -0.05) is 18.2 Å². The minimum Gasteiger partial charge on any atom is -0.309 e. The van der Waals surface area contributed by atoms with Crippen LogP contribution in [-0.2, 0) is 7.05 Å². The average Bonchev–Trinajstić information content (AvgIpc) is 2.72. The lowest BCUT2D eigenvalue weighted by Gasteiger charge is -2.17. The van der Waals surface area contributed by atoms with E-state index in [-0.39, 0.29) is 6.04 Å². The fourth-order valence-corrected chi connectivity index (χ4v) is 2.65. The molecule has 1 aromatic carbocycles. The van der Waals surface area contributed by atoms with Gasteiger partial charge in [-0.15, -0.1) is 0 Å². The molecule has 2 rings (SSSR count). The normalized spacial score (nSPS) is 12.7. The maximum atomic E-state index is 4.24. The third-order valence-electron chi connectivity index (χ3n) is 2.88. The van der Waals surface area contributed by atoms with Crippen molar-refractivity contribution in [3.63, 3.8) is 0 Å². The molecule has 0 aliphatic rings. The summed E-state index contributed by atoms with van der Waals surface area (Å²) in [6.07, 6.45) is 3.97. The second-order valence-electron chi connectivity index (χ2n) is 4.15. The van der Waals surface area contributed by atoms with E-state index in [2.05, 4.69) is 64.3 Å². The van der Waals surface area contributed by atoms with E-state index in [0.717, 1.165) is 0 Å². The average molecular weight is 341 g/mol. The van der Waals surface area contributed by atoms with E-state index >= 15 is 0 Å². The maximum Gasteiger partial charge on any atom is 0.0616 e. The zero-order valence-electron chi connectivity index (χ0n) is 10.2. The lowest BCUT2D eigenvalue weighted by atomic mass is 10.00. The summed E-state index contributed by atoms with van der Waals surface area (Å²) >= 11 is 2.41. The fourth-order valence-electron chi connectivity index (χ4n) is 1.98. The van der Waals surface area contributed by atoms with Gasteiger partial charge in [-0.25, -0.2) is 0 Å². The number of rotatable bonds is 3. The Morgan fingerprint density at radius 3 is 2.76 bits per heavy atom. The van der Waals surface area contributed by atoms with E-state index in [1.54, 1.807) is 0 Å². The molecule has 1 heterocycles. The van der Waals surface area contributed by atoms with Gasteiger partial charge in [-0.2, -0.15) is 5.10 Å². The number of aromatic nitrogens is 2. The Morgan fingerprint density at radius 2 is 2.18 bits per heavy atom. The van der Waals surface area contributed by atoms with Gasteiger partial charge in [0.05, 0.1) is 12.2 Å². The van der Waals surface area contributed by atoms with Crippen LogP contribution in [0.5, 0.6) is 0 Å². The molecule has 1 aromatic heterocycles. The van der Waals surface area contributed by atoms with Gasteiger partial charge in [-0.05, 0) is 47.7 Å². The molecule has 0 aliphatic carbocycles. The van der Waals surface area contributed by atoms with Crippen molar-refractivity contribution >= 4 is 22.6 Å². The molecule has 0 fully saturated rings. The first-order chi connectivity index (χ1) is 8.13. The molecule has 1 unspecified atom stereocenters. The number of hydrogen-bond acceptors (Lipinski definition) is 2. The summed E-state index contributed by atoms with van der Waals surface area (Å²) in [7, 11) is 3.92. The Bertz CT molecular complexity index is 519. The molecule has 0 saturated carbocycles. The zero-order valence-corrected chi connectivity index (χ0v) is 12.4. The SMILES string of the molecule is CNC(c1cnn(C)c1)c1cccc(C)c1I. The van der Waals surface area contributed by atoms with E-state index in [4.69, 9.17) is 0 Å². The number of benzene rings is 1. The Kier molecular flexibility index (Phi) is 3.83. The molecule has 0 spiro atoms. The monoisotopic (exact) mass is 341 g/mol. The lowest BCUT2D eigenvalue weighted by molar-refractivity contribution is 0.685. The summed E-state index contributed by atoms with van der Waals surface area (Å²) in [5.41, 5.74) is 3.81. The molecule has 0 aliphatic heterocycles. The molecule has 0 bridgehead atoms. The van der Waals surface area contributed by atoms with Gasteiger partial charge in [-0.3, -0.25) is 4.68 Å². The van der Waals surface area contributed by atoms with Gasteiger partial charge in [0.2, 0.25) is 0 Å². The van der Waals surface area contributed by atoms with Crippen LogP contribution in [0.3, 0.4) is 0 Å². The Balaban J connectivity index is 2.45. The quantitative estimate of drug-likeness (QED) is 0.870. The summed E-state index contributed by atoms with van der Waals surface area (Å²) < 4.78 is 3.15. The first-order valence-electron chi connectivity index (χ1n) is 5.54. The first kappa shape index (κ1) is 12.6. The minimum absolute atomic E-state index is 0.204. The molecular formula is C13H16IN3. The van der Waals surface area contributed by atoms with Gasteiger partial charge in [0.25, 0.3) is 0 Å². The molecule has 3 nitrogen and oxygen atoms in total. The Hall–Kier alpha value is -0.880. The van der Waals surface area contributed by atoms with Crippen LogP contribution in [0.25, 0.3) is 0 Å². The summed E-state index contributed by atoms with van der Waals surface area (Å²) in [6, 6.07) is 6.62. The van der Waals surface area contributed by atoms with Gasteiger partial charge >= 0.3 is 0 Å². The smallest absolute Gasteiger partial charge is 0.0616 e. The second kappa shape index (κ2) is 5.18.